The molecule has 0 aromatic heterocycles. The molecule has 1 rings (SSSR count). The largest absolute Gasteiger partial charge is 0.396 e. The molecule has 232 valence electrons. The van der Waals surface area contributed by atoms with Crippen LogP contribution in [-0.4, -0.2) is 71.2 Å². The smallest absolute Gasteiger partial charge is 0.249 e. The van der Waals surface area contributed by atoms with Gasteiger partial charge in [0.25, 0.3) is 0 Å². The van der Waals surface area contributed by atoms with E-state index >= 15 is 0 Å². The minimum absolute atomic E-state index is 0.0751. The molecule has 1 aliphatic rings. The minimum Gasteiger partial charge on any atom is -0.396 e. The molecule has 0 aliphatic carbocycles. The number of carbonyl (C=O) groups is 3. The van der Waals surface area contributed by atoms with Crippen LogP contribution in [0.15, 0.2) is 12.2 Å². The van der Waals surface area contributed by atoms with Gasteiger partial charge in [0.2, 0.25) is 17.7 Å². The Morgan fingerprint density at radius 3 is 2.15 bits per heavy atom. The van der Waals surface area contributed by atoms with E-state index in [-0.39, 0.29) is 37.4 Å². The highest BCUT2D eigenvalue weighted by Crippen LogP contribution is 2.19. The second-order valence-corrected chi connectivity index (χ2v) is 12.2. The molecule has 0 aromatic carbocycles. The van der Waals surface area contributed by atoms with Gasteiger partial charge in [-0.15, -0.1) is 0 Å². The first-order valence-electron chi connectivity index (χ1n) is 16.0. The van der Waals surface area contributed by atoms with E-state index in [1.165, 1.54) is 64.2 Å². The van der Waals surface area contributed by atoms with E-state index in [1.54, 1.807) is 13.8 Å². The second-order valence-electron chi connectivity index (χ2n) is 12.2. The first-order chi connectivity index (χ1) is 19.2. The molecule has 0 saturated carbocycles. The predicted octanol–water partition coefficient (Wildman–Crippen LogP) is 5.02. The van der Waals surface area contributed by atoms with E-state index in [0.29, 0.717) is 13.0 Å². The summed E-state index contributed by atoms with van der Waals surface area (Å²) in [6, 6.07) is -0.0751. The Morgan fingerprint density at radius 2 is 1.52 bits per heavy atom. The summed E-state index contributed by atoms with van der Waals surface area (Å²) < 4.78 is 0. The third-order valence-corrected chi connectivity index (χ3v) is 7.84. The predicted molar refractivity (Wildman–Crippen MR) is 162 cm³/mol. The molecule has 0 aromatic rings. The van der Waals surface area contributed by atoms with Crippen LogP contribution in [0.1, 0.15) is 130 Å². The maximum Gasteiger partial charge on any atom is 0.249 e. The van der Waals surface area contributed by atoms with Crippen molar-refractivity contribution in [2.24, 2.45) is 5.41 Å². The van der Waals surface area contributed by atoms with E-state index in [4.69, 9.17) is 0 Å². The number of unbranched alkanes of at least 4 members (excludes halogenated alkanes) is 11. The third-order valence-electron chi connectivity index (χ3n) is 7.84. The number of nitrogens with zero attached hydrogens (tertiary/aromatic N) is 1. The topological polar surface area (TPSA) is 119 Å². The van der Waals surface area contributed by atoms with Gasteiger partial charge in [0.15, 0.2) is 0 Å². The molecule has 1 fully saturated rings. The van der Waals surface area contributed by atoms with Crippen LogP contribution >= 0.6 is 0 Å². The van der Waals surface area contributed by atoms with E-state index in [2.05, 4.69) is 29.7 Å². The lowest BCUT2D eigenvalue weighted by Crippen LogP contribution is -2.50. The van der Waals surface area contributed by atoms with Crippen molar-refractivity contribution in [3.63, 3.8) is 0 Å². The fourth-order valence-corrected chi connectivity index (χ4v) is 4.96. The standard InChI is InChI=1S/C32H59N3O5/c1-4-5-6-7-8-9-10-11-12-13-14-15-16-17-18-21-29(38)35-24-19-20-27(25-35)34-28(37)22-23-33-31(40)30(39)32(2,3)26-36/h11-12,27,30,36,39H,4-10,13-26H2,1-3H3,(H,33,40)(H,34,37). The summed E-state index contributed by atoms with van der Waals surface area (Å²) in [5, 5.41) is 24.8. The molecule has 2 unspecified atom stereocenters. The SMILES string of the molecule is CCCCCCCCC=CCCCCCCCC(=O)N1CCCC(NC(=O)CCNC(=O)C(O)C(C)(C)CO)C1. The van der Waals surface area contributed by atoms with Gasteiger partial charge in [0.1, 0.15) is 6.10 Å². The third kappa shape index (κ3) is 16.4. The Balaban J connectivity index is 2.10. The summed E-state index contributed by atoms with van der Waals surface area (Å²) in [7, 11) is 0. The fourth-order valence-electron chi connectivity index (χ4n) is 4.96. The van der Waals surface area contributed by atoms with Crippen LogP contribution in [-0.2, 0) is 14.4 Å². The van der Waals surface area contributed by atoms with Crippen molar-refractivity contribution < 1.29 is 24.6 Å². The summed E-state index contributed by atoms with van der Waals surface area (Å²) in [5.74, 6) is -0.617. The molecular weight excluding hydrogens is 506 g/mol. The molecule has 0 radical (unpaired) electrons. The van der Waals surface area contributed by atoms with Gasteiger partial charge in [-0.1, -0.05) is 84.3 Å². The Labute approximate surface area is 243 Å². The van der Waals surface area contributed by atoms with Crippen molar-refractivity contribution >= 4 is 17.7 Å². The molecule has 0 bridgehead atoms. The van der Waals surface area contributed by atoms with Gasteiger partial charge >= 0.3 is 0 Å². The summed E-state index contributed by atoms with van der Waals surface area (Å²) in [6.07, 6.45) is 21.8. The van der Waals surface area contributed by atoms with Crippen molar-refractivity contribution in [1.29, 1.82) is 0 Å². The first-order valence-corrected chi connectivity index (χ1v) is 16.0. The number of aliphatic hydroxyl groups is 2. The normalized spacial score (nSPS) is 16.7. The van der Waals surface area contributed by atoms with Gasteiger partial charge < -0.3 is 25.7 Å². The molecule has 4 N–H and O–H groups in total. The Morgan fingerprint density at radius 1 is 0.925 bits per heavy atom. The number of piperidine rings is 1. The first kappa shape index (κ1) is 36.1. The summed E-state index contributed by atoms with van der Waals surface area (Å²) in [4.78, 5) is 39.0. The van der Waals surface area contributed by atoms with Gasteiger partial charge in [-0.2, -0.15) is 0 Å². The average Bonchev–Trinajstić information content (AvgIpc) is 2.94. The van der Waals surface area contributed by atoms with Gasteiger partial charge in [-0.3, -0.25) is 14.4 Å². The van der Waals surface area contributed by atoms with E-state index in [0.717, 1.165) is 38.6 Å². The van der Waals surface area contributed by atoms with Crippen LogP contribution in [0.25, 0.3) is 0 Å². The zero-order valence-electron chi connectivity index (χ0n) is 25.7. The second kappa shape index (κ2) is 21.8. The van der Waals surface area contributed by atoms with E-state index in [1.807, 2.05) is 4.90 Å². The zero-order chi connectivity index (χ0) is 29.6. The number of hydrogen-bond acceptors (Lipinski definition) is 5. The van der Waals surface area contributed by atoms with Gasteiger partial charge in [0, 0.05) is 43.9 Å². The molecule has 40 heavy (non-hydrogen) atoms. The van der Waals surface area contributed by atoms with Crippen molar-refractivity contribution in [3.8, 4) is 0 Å². The van der Waals surface area contributed by atoms with Crippen molar-refractivity contribution in [3.05, 3.63) is 12.2 Å². The number of likely N-dealkylation sites (tertiary alicyclic amines) is 1. The number of hydrogen-bond donors (Lipinski definition) is 4. The number of rotatable bonds is 22. The number of carbonyl (C=O) groups excluding carboxylic acids is 3. The lowest BCUT2D eigenvalue weighted by atomic mass is 9.87. The molecule has 1 saturated heterocycles. The molecule has 3 amide bonds. The van der Waals surface area contributed by atoms with Crippen LogP contribution < -0.4 is 10.6 Å². The highest BCUT2D eigenvalue weighted by Gasteiger charge is 2.32. The summed E-state index contributed by atoms with van der Waals surface area (Å²) >= 11 is 0. The zero-order valence-corrected chi connectivity index (χ0v) is 25.7. The Hall–Kier alpha value is -1.93. The van der Waals surface area contributed by atoms with Gasteiger partial charge in [0.05, 0.1) is 6.61 Å². The monoisotopic (exact) mass is 565 g/mol. The highest BCUT2D eigenvalue weighted by atomic mass is 16.3. The lowest BCUT2D eigenvalue weighted by Gasteiger charge is -2.33. The molecule has 1 heterocycles. The van der Waals surface area contributed by atoms with Crippen LogP contribution in [0.3, 0.4) is 0 Å². The molecule has 1 aliphatic heterocycles. The lowest BCUT2D eigenvalue weighted by molar-refractivity contribution is -0.137. The summed E-state index contributed by atoms with van der Waals surface area (Å²) in [6.45, 7) is 6.50. The fraction of sp³-hybridized carbons (Fsp3) is 0.844. The number of allylic oxidation sites excluding steroid dienone is 2. The highest BCUT2D eigenvalue weighted by molar-refractivity contribution is 5.82. The van der Waals surface area contributed by atoms with Gasteiger partial charge in [-0.25, -0.2) is 0 Å². The minimum atomic E-state index is -1.35. The number of amides is 3. The Bertz CT molecular complexity index is 740. The number of nitrogens with one attached hydrogen (secondary N) is 2. The van der Waals surface area contributed by atoms with Crippen LogP contribution in [0.5, 0.6) is 0 Å². The maximum atomic E-state index is 12.7. The van der Waals surface area contributed by atoms with Crippen molar-refractivity contribution in [2.45, 2.75) is 142 Å². The van der Waals surface area contributed by atoms with Crippen LogP contribution in [0.4, 0.5) is 0 Å². The molecule has 8 heteroatoms. The van der Waals surface area contributed by atoms with E-state index in [9.17, 15) is 24.6 Å². The van der Waals surface area contributed by atoms with E-state index < -0.39 is 17.4 Å². The van der Waals surface area contributed by atoms with Crippen LogP contribution in [0, 0.1) is 5.41 Å². The molecule has 8 nitrogen and oxygen atoms in total. The maximum absolute atomic E-state index is 12.7. The molecular formula is C32H59N3O5. The quantitative estimate of drug-likeness (QED) is 0.109. The van der Waals surface area contributed by atoms with Crippen molar-refractivity contribution in [2.75, 3.05) is 26.2 Å². The Kier molecular flexibility index (Phi) is 19.6. The molecule has 2 atom stereocenters. The number of aliphatic hydroxyl groups excluding tert-OH is 2. The molecule has 0 spiro atoms. The van der Waals surface area contributed by atoms with Crippen molar-refractivity contribution in [1.82, 2.24) is 15.5 Å². The average molecular weight is 566 g/mol. The van der Waals surface area contributed by atoms with Gasteiger partial charge in [-0.05, 0) is 44.9 Å². The van der Waals surface area contributed by atoms with Crippen LogP contribution in [0.2, 0.25) is 0 Å². The summed E-state index contributed by atoms with van der Waals surface area (Å²) in [5.41, 5.74) is -0.950.